The lowest BCUT2D eigenvalue weighted by molar-refractivity contribution is -0.141. The van der Waals surface area contributed by atoms with Crippen molar-refractivity contribution < 1.29 is 14.7 Å². The van der Waals surface area contributed by atoms with Crippen molar-refractivity contribution in [3.05, 3.63) is 0 Å². The average Bonchev–Trinajstić information content (AvgIpc) is 1.96. The molecule has 0 aromatic rings. The van der Waals surface area contributed by atoms with E-state index in [1.165, 1.54) is 6.92 Å². The van der Waals surface area contributed by atoms with Gasteiger partial charge in [0.1, 0.15) is 6.04 Å². The van der Waals surface area contributed by atoms with Crippen LogP contribution >= 0.6 is 0 Å². The summed E-state index contributed by atoms with van der Waals surface area (Å²) in [6, 6.07) is -0.791. The summed E-state index contributed by atoms with van der Waals surface area (Å²) in [6.07, 6.45) is 0.421. The first kappa shape index (κ1) is 9.98. The number of rotatable bonds is 4. The predicted octanol–water partition coefficient (Wildman–Crippen LogP) is -0.815. The molecular weight excluding hydrogens is 172 g/mol. The van der Waals surface area contributed by atoms with Crippen LogP contribution in [0.3, 0.4) is 0 Å². The van der Waals surface area contributed by atoms with E-state index in [1.807, 2.05) is 0 Å². The third kappa shape index (κ3) is 3.02. The molecule has 0 saturated carbocycles. The monoisotopic (exact) mass is 186 g/mol. The van der Waals surface area contributed by atoms with Gasteiger partial charge in [0.25, 0.3) is 0 Å². The normalized spacial score (nSPS) is 18.8. The molecule has 1 rings (SSSR count). The zero-order valence-electron chi connectivity index (χ0n) is 7.54. The summed E-state index contributed by atoms with van der Waals surface area (Å²) in [4.78, 5) is 21.5. The second kappa shape index (κ2) is 4.23. The maximum Gasteiger partial charge on any atom is 0.325 e. The Hall–Kier alpha value is -1.10. The summed E-state index contributed by atoms with van der Waals surface area (Å²) >= 11 is 0. The summed E-state index contributed by atoms with van der Waals surface area (Å²) in [5.41, 5.74) is 0. The maximum absolute atomic E-state index is 11.2. The van der Waals surface area contributed by atoms with Gasteiger partial charge in [0, 0.05) is 6.42 Å². The molecule has 0 unspecified atom stereocenters. The van der Waals surface area contributed by atoms with Gasteiger partial charge < -0.3 is 15.7 Å². The molecule has 1 aliphatic rings. The van der Waals surface area contributed by atoms with Crippen LogP contribution in [0.25, 0.3) is 0 Å². The van der Waals surface area contributed by atoms with Crippen LogP contribution in [0.15, 0.2) is 0 Å². The largest absolute Gasteiger partial charge is 0.480 e. The number of hydrogen-bond acceptors (Lipinski definition) is 3. The van der Waals surface area contributed by atoms with E-state index in [9.17, 15) is 9.59 Å². The summed E-state index contributed by atoms with van der Waals surface area (Å²) in [7, 11) is 0. The lowest BCUT2D eigenvalue weighted by atomic mass is 9.99. The predicted molar refractivity (Wildman–Crippen MR) is 46.2 cm³/mol. The van der Waals surface area contributed by atoms with E-state index in [1.54, 1.807) is 0 Å². The van der Waals surface area contributed by atoms with E-state index in [-0.39, 0.29) is 5.91 Å². The van der Waals surface area contributed by atoms with Crippen LogP contribution in [0.4, 0.5) is 0 Å². The van der Waals surface area contributed by atoms with Gasteiger partial charge in [-0.2, -0.15) is 0 Å². The quantitative estimate of drug-likeness (QED) is 0.536. The fraction of sp³-hybridized carbons (Fsp3) is 0.750. The second-order valence-electron chi connectivity index (χ2n) is 3.36. The lowest BCUT2D eigenvalue weighted by Crippen LogP contribution is -2.46. The summed E-state index contributed by atoms with van der Waals surface area (Å²) < 4.78 is 0. The first-order valence-corrected chi connectivity index (χ1v) is 4.32. The van der Waals surface area contributed by atoms with E-state index >= 15 is 0 Å². The van der Waals surface area contributed by atoms with Crippen molar-refractivity contribution in [3.63, 3.8) is 0 Å². The molecule has 1 aliphatic heterocycles. The van der Waals surface area contributed by atoms with Crippen LogP contribution in [-0.2, 0) is 9.59 Å². The Morgan fingerprint density at radius 1 is 1.62 bits per heavy atom. The zero-order chi connectivity index (χ0) is 9.84. The van der Waals surface area contributed by atoms with Gasteiger partial charge in [0.05, 0.1) is 0 Å². The van der Waals surface area contributed by atoms with E-state index < -0.39 is 12.0 Å². The van der Waals surface area contributed by atoms with E-state index in [0.29, 0.717) is 12.3 Å². The molecule has 1 saturated heterocycles. The topological polar surface area (TPSA) is 78.4 Å². The van der Waals surface area contributed by atoms with Crippen LogP contribution < -0.4 is 10.6 Å². The van der Waals surface area contributed by atoms with Gasteiger partial charge in [-0.15, -0.1) is 0 Å². The van der Waals surface area contributed by atoms with Gasteiger partial charge in [-0.1, -0.05) is 0 Å². The number of carboxylic acids is 1. The molecule has 13 heavy (non-hydrogen) atoms. The average molecular weight is 186 g/mol. The Bertz CT molecular complexity index is 213. The number of hydrogen-bond donors (Lipinski definition) is 3. The minimum absolute atomic E-state index is 0.179. The Morgan fingerprint density at radius 2 is 2.23 bits per heavy atom. The van der Waals surface area contributed by atoms with Gasteiger partial charge in [-0.05, 0) is 25.9 Å². The van der Waals surface area contributed by atoms with Crippen molar-refractivity contribution in [2.24, 2.45) is 5.92 Å². The minimum Gasteiger partial charge on any atom is -0.480 e. The van der Waals surface area contributed by atoms with Gasteiger partial charge in [-0.3, -0.25) is 9.59 Å². The number of nitrogens with one attached hydrogen (secondary N) is 2. The van der Waals surface area contributed by atoms with Crippen LogP contribution in [0.1, 0.15) is 13.3 Å². The number of carboxylic acid groups (broad SMARTS) is 1. The van der Waals surface area contributed by atoms with Gasteiger partial charge in [0.2, 0.25) is 5.91 Å². The van der Waals surface area contributed by atoms with Crippen molar-refractivity contribution in [1.82, 2.24) is 10.6 Å². The van der Waals surface area contributed by atoms with Gasteiger partial charge in [-0.25, -0.2) is 0 Å². The highest BCUT2D eigenvalue weighted by Gasteiger charge is 2.22. The fourth-order valence-corrected chi connectivity index (χ4v) is 1.12. The molecular formula is C8H14N2O3. The Morgan fingerprint density at radius 3 is 2.62 bits per heavy atom. The van der Waals surface area contributed by atoms with E-state index in [2.05, 4.69) is 10.6 Å². The molecule has 74 valence electrons. The molecule has 5 heteroatoms. The Kier molecular flexibility index (Phi) is 3.25. The van der Waals surface area contributed by atoms with Crippen molar-refractivity contribution in [1.29, 1.82) is 0 Å². The molecule has 0 bridgehead atoms. The smallest absolute Gasteiger partial charge is 0.325 e. The molecule has 0 spiro atoms. The lowest BCUT2D eigenvalue weighted by Gasteiger charge is -2.26. The van der Waals surface area contributed by atoms with Gasteiger partial charge >= 0.3 is 5.97 Å². The second-order valence-corrected chi connectivity index (χ2v) is 3.36. The van der Waals surface area contributed by atoms with E-state index in [0.717, 1.165) is 13.1 Å². The number of carbonyl (C=O) groups is 2. The first-order valence-electron chi connectivity index (χ1n) is 4.32. The molecule has 3 N–H and O–H groups in total. The molecule has 5 nitrogen and oxygen atoms in total. The van der Waals surface area contributed by atoms with Crippen molar-refractivity contribution in [2.45, 2.75) is 19.4 Å². The zero-order valence-corrected chi connectivity index (χ0v) is 7.54. The molecule has 0 aromatic carbocycles. The number of amides is 1. The van der Waals surface area contributed by atoms with Crippen molar-refractivity contribution in [3.8, 4) is 0 Å². The minimum atomic E-state index is -1.000. The molecule has 0 aromatic heterocycles. The van der Waals surface area contributed by atoms with Crippen molar-refractivity contribution in [2.75, 3.05) is 13.1 Å². The fourth-order valence-electron chi connectivity index (χ4n) is 1.12. The number of aliphatic carboxylic acids is 1. The molecule has 0 aliphatic carbocycles. The van der Waals surface area contributed by atoms with Gasteiger partial charge in [0.15, 0.2) is 0 Å². The maximum atomic E-state index is 11.2. The summed E-state index contributed by atoms with van der Waals surface area (Å²) in [5.74, 6) is -0.803. The van der Waals surface area contributed by atoms with Crippen LogP contribution in [0.5, 0.6) is 0 Å². The molecule has 1 heterocycles. The van der Waals surface area contributed by atoms with Crippen LogP contribution in [-0.4, -0.2) is 36.1 Å². The molecule has 1 amide bonds. The molecule has 1 fully saturated rings. The van der Waals surface area contributed by atoms with Crippen LogP contribution in [0.2, 0.25) is 0 Å². The number of carbonyl (C=O) groups excluding carboxylic acids is 1. The highest BCUT2D eigenvalue weighted by molar-refractivity contribution is 5.83. The summed E-state index contributed by atoms with van der Waals surface area (Å²) in [5, 5.41) is 14.0. The molecule has 1 atom stereocenters. The third-order valence-corrected chi connectivity index (χ3v) is 2.09. The summed E-state index contributed by atoms with van der Waals surface area (Å²) in [6.45, 7) is 3.17. The Balaban J connectivity index is 2.19. The highest BCUT2D eigenvalue weighted by Crippen LogP contribution is 2.07. The third-order valence-electron chi connectivity index (χ3n) is 2.09. The Labute approximate surface area is 76.5 Å². The van der Waals surface area contributed by atoms with E-state index in [4.69, 9.17) is 5.11 Å². The standard InChI is InChI=1S/C8H14N2O3/c1-5(8(12)13)10-7(11)2-6-3-9-4-6/h5-6,9H,2-4H2,1H3,(H,10,11)(H,12,13)/t5-/m0/s1. The first-order chi connectivity index (χ1) is 6.09. The van der Waals surface area contributed by atoms with Crippen molar-refractivity contribution >= 4 is 11.9 Å². The van der Waals surface area contributed by atoms with Crippen LogP contribution in [0, 0.1) is 5.92 Å². The molecule has 0 radical (unpaired) electrons. The highest BCUT2D eigenvalue weighted by atomic mass is 16.4. The SMILES string of the molecule is C[C@H](NC(=O)CC1CNC1)C(=O)O.